The van der Waals surface area contributed by atoms with E-state index in [9.17, 15) is 0 Å². The molecule has 0 bridgehead atoms. The van der Waals surface area contributed by atoms with Crippen LogP contribution >= 0.6 is 0 Å². The topological polar surface area (TPSA) is 8.51 Å². The number of para-hydroxylation sites is 2. The van der Waals surface area contributed by atoms with E-state index in [1.165, 1.54) is 27.1 Å². The number of nitrogens with zero attached hydrogens (tertiary/aromatic N) is 2. The van der Waals surface area contributed by atoms with Crippen molar-refractivity contribution < 1.29 is 24.6 Å². The quantitative estimate of drug-likeness (QED) is 0.159. The molecule has 6 rings (SSSR count). The molecule has 0 spiro atoms. The van der Waals surface area contributed by atoms with Gasteiger partial charge in [0.2, 0.25) is 0 Å². The third-order valence-corrected chi connectivity index (χ3v) is 4.99. The molecule has 2 aromatic heterocycles. The van der Waals surface area contributed by atoms with Crippen LogP contribution in [0.3, 0.4) is 0 Å². The Morgan fingerprint density at radius 1 is 0.731 bits per heavy atom. The third-order valence-electron chi connectivity index (χ3n) is 4.99. The van der Waals surface area contributed by atoms with Crippen LogP contribution in [0.4, 0.5) is 0 Å². The minimum Gasteiger partial charge on any atom is -0.180 e. The molecule has 2 heterocycles. The van der Waals surface area contributed by atoms with Crippen LogP contribution in [-0.2, 0) is 20.1 Å². The second-order valence-corrected chi connectivity index (χ2v) is 6.40. The maximum absolute atomic E-state index is 3.55. The Bertz CT molecular complexity index is 1450. The van der Waals surface area contributed by atoms with Gasteiger partial charge in [-0.15, -0.1) is 6.07 Å². The molecule has 0 amide bonds. The summed E-state index contributed by atoms with van der Waals surface area (Å²) in [6, 6.07) is 31.0. The zero-order chi connectivity index (χ0) is 16.4. The number of hydrogen-bond acceptors (Lipinski definition) is 0. The molecule has 6 aromatic rings. The molecule has 0 saturated carbocycles. The van der Waals surface area contributed by atoms with E-state index in [0.29, 0.717) is 0 Å². The van der Waals surface area contributed by atoms with E-state index in [0.717, 1.165) is 16.4 Å². The minimum absolute atomic E-state index is 0. The molecule has 0 unspecified atom stereocenters. The van der Waals surface area contributed by atoms with Gasteiger partial charge in [-0.05, 0) is 22.2 Å². The zero-order valence-electron chi connectivity index (χ0n) is 13.7. The first-order valence-corrected chi connectivity index (χ1v) is 8.40. The number of benzene rings is 4. The number of rotatable bonds is 0. The van der Waals surface area contributed by atoms with Gasteiger partial charge in [0.1, 0.15) is 0 Å². The maximum atomic E-state index is 3.55. The molecule has 0 aliphatic carbocycles. The molecule has 3 heteroatoms. The number of aromatic nitrogens is 2. The van der Waals surface area contributed by atoms with Crippen molar-refractivity contribution in [3.05, 3.63) is 91.1 Å². The van der Waals surface area contributed by atoms with Gasteiger partial charge in [0.15, 0.2) is 6.20 Å². The molecule has 26 heavy (non-hydrogen) atoms. The Morgan fingerprint density at radius 2 is 1.46 bits per heavy atom. The standard InChI is InChI=1S/C23H13N2.Ir/c1-2-8-17-14-23-18(13-16(17)7-1)15-24-21-11-5-3-9-19(21)20-10-4-6-12-22(20)25(23)24;/h1-10,12-14H;/q-1;. The third kappa shape index (κ3) is 1.99. The second-order valence-electron chi connectivity index (χ2n) is 6.40. The minimum atomic E-state index is 0. The van der Waals surface area contributed by atoms with E-state index >= 15 is 0 Å². The summed E-state index contributed by atoms with van der Waals surface area (Å²) >= 11 is 0. The molecule has 1 radical (unpaired) electrons. The number of hydrogen-bond donors (Lipinski definition) is 0. The van der Waals surface area contributed by atoms with Crippen LogP contribution in [0, 0.1) is 12.3 Å². The van der Waals surface area contributed by atoms with E-state index in [1.807, 2.05) is 12.1 Å². The first-order chi connectivity index (χ1) is 12.4. The first kappa shape index (κ1) is 15.5. The fourth-order valence-electron chi connectivity index (χ4n) is 3.87. The van der Waals surface area contributed by atoms with Crippen LogP contribution < -0.4 is 4.52 Å². The van der Waals surface area contributed by atoms with Gasteiger partial charge in [0.25, 0.3) is 0 Å². The molecule has 2 nitrogen and oxygen atoms in total. The van der Waals surface area contributed by atoms with Gasteiger partial charge in [0.05, 0.1) is 11.0 Å². The molecular formula is C23H13IrN2-. The molecular weight excluding hydrogens is 496 g/mol. The van der Waals surface area contributed by atoms with Crippen molar-refractivity contribution in [3.63, 3.8) is 0 Å². The molecule has 125 valence electrons. The number of fused-ring (bicyclic) bond motifs is 9. The molecule has 0 fully saturated rings. The second kappa shape index (κ2) is 5.63. The summed E-state index contributed by atoms with van der Waals surface area (Å²) < 4.78 is 4.34. The Labute approximate surface area is 163 Å². The SMILES string of the molecule is [Ir].[c-]1cccc2c3ccccc3n3c4cc5ccccc5cc4[c-][n+]3c12. The molecule has 4 aromatic carbocycles. The van der Waals surface area contributed by atoms with E-state index in [1.54, 1.807) is 0 Å². The fourth-order valence-corrected chi connectivity index (χ4v) is 3.87. The van der Waals surface area contributed by atoms with Crippen molar-refractivity contribution in [2.24, 2.45) is 0 Å². The van der Waals surface area contributed by atoms with E-state index in [-0.39, 0.29) is 20.1 Å². The predicted octanol–water partition coefficient (Wildman–Crippen LogP) is 4.74. The Morgan fingerprint density at radius 3 is 2.35 bits per heavy atom. The van der Waals surface area contributed by atoms with Crippen LogP contribution in [-0.4, -0.2) is 4.52 Å². The summed E-state index contributed by atoms with van der Waals surface area (Å²) in [5.41, 5.74) is 3.38. The van der Waals surface area contributed by atoms with Crippen molar-refractivity contribution in [3.8, 4) is 0 Å². The van der Waals surface area contributed by atoms with Gasteiger partial charge in [-0.1, -0.05) is 59.3 Å². The first-order valence-electron chi connectivity index (χ1n) is 8.40. The Hall–Kier alpha value is -2.74. The summed E-state index contributed by atoms with van der Waals surface area (Å²) in [7, 11) is 0. The predicted molar refractivity (Wildman–Crippen MR) is 101 cm³/mol. The van der Waals surface area contributed by atoms with Crippen LogP contribution in [0.15, 0.2) is 78.9 Å². The largest absolute Gasteiger partial charge is 0.185 e. The average molecular weight is 510 g/mol. The normalized spacial score (nSPS) is 11.5. The summed E-state index contributed by atoms with van der Waals surface area (Å²) in [5.74, 6) is 0. The summed E-state index contributed by atoms with van der Waals surface area (Å²) in [6.45, 7) is 0. The van der Waals surface area contributed by atoms with Crippen LogP contribution in [0.1, 0.15) is 0 Å². The average Bonchev–Trinajstić information content (AvgIpc) is 3.05. The van der Waals surface area contributed by atoms with Crippen molar-refractivity contribution in [2.45, 2.75) is 0 Å². The van der Waals surface area contributed by atoms with Crippen molar-refractivity contribution >= 4 is 43.5 Å². The summed E-state index contributed by atoms with van der Waals surface area (Å²) in [4.78, 5) is 0. The molecule has 0 aliphatic heterocycles. The van der Waals surface area contributed by atoms with Gasteiger partial charge in [0, 0.05) is 25.6 Å². The van der Waals surface area contributed by atoms with Crippen molar-refractivity contribution in [1.29, 1.82) is 0 Å². The van der Waals surface area contributed by atoms with Crippen molar-refractivity contribution in [2.75, 3.05) is 0 Å². The van der Waals surface area contributed by atoms with Gasteiger partial charge in [-0.25, -0.2) is 0 Å². The van der Waals surface area contributed by atoms with E-state index < -0.39 is 0 Å². The van der Waals surface area contributed by atoms with Gasteiger partial charge >= 0.3 is 0 Å². The smallest absolute Gasteiger partial charge is 0.180 e. The maximum Gasteiger partial charge on any atom is 0.185 e. The molecule has 0 saturated heterocycles. The molecule has 0 atom stereocenters. The molecule has 0 N–H and O–H groups in total. The summed E-state index contributed by atoms with van der Waals surface area (Å²) in [5, 5.41) is 6.01. The van der Waals surface area contributed by atoms with Crippen LogP contribution in [0.2, 0.25) is 0 Å². The van der Waals surface area contributed by atoms with Gasteiger partial charge < -0.3 is 0 Å². The monoisotopic (exact) mass is 510 g/mol. The Balaban J connectivity index is 0.00000150. The van der Waals surface area contributed by atoms with Crippen LogP contribution in [0.25, 0.3) is 43.5 Å². The fraction of sp³-hybridized carbons (Fsp3) is 0. The Kier molecular flexibility index (Phi) is 3.36. The zero-order valence-corrected chi connectivity index (χ0v) is 16.1. The van der Waals surface area contributed by atoms with E-state index in [2.05, 4.69) is 88.0 Å². The summed E-state index contributed by atoms with van der Waals surface area (Å²) in [6.07, 6.45) is 3.55. The van der Waals surface area contributed by atoms with Crippen molar-refractivity contribution in [1.82, 2.24) is 4.52 Å². The van der Waals surface area contributed by atoms with Gasteiger partial charge in [-0.3, -0.25) is 0 Å². The van der Waals surface area contributed by atoms with E-state index in [4.69, 9.17) is 0 Å². The van der Waals surface area contributed by atoms with Crippen LogP contribution in [0.5, 0.6) is 0 Å². The molecule has 0 aliphatic rings. The van der Waals surface area contributed by atoms with Gasteiger partial charge in [-0.2, -0.15) is 33.3 Å².